The number of oxazole rings is 1. The second-order valence-corrected chi connectivity index (χ2v) is 6.15. The van der Waals surface area contributed by atoms with Crippen molar-refractivity contribution in [3.05, 3.63) is 17.3 Å². The smallest absolute Gasteiger partial charge is 0.326 e. The van der Waals surface area contributed by atoms with Crippen molar-refractivity contribution in [1.82, 2.24) is 14.8 Å². The van der Waals surface area contributed by atoms with Gasteiger partial charge in [-0.3, -0.25) is 14.6 Å². The van der Waals surface area contributed by atoms with Gasteiger partial charge in [0, 0.05) is 39.2 Å². The molecule has 2 aliphatic heterocycles. The van der Waals surface area contributed by atoms with Crippen LogP contribution in [0.2, 0.25) is 0 Å². The standard InChI is InChI=1S/C15H23N3O4/c1-11-12(2)22-13(16-11)9-17-4-6-18(7-5-17)15(14(19)20)3-8-21-10-15/h3-10H2,1-2H3,(H,19,20). The van der Waals surface area contributed by atoms with Gasteiger partial charge in [0.2, 0.25) is 5.89 Å². The molecule has 1 aromatic rings. The lowest BCUT2D eigenvalue weighted by atomic mass is 9.95. The molecule has 122 valence electrons. The van der Waals surface area contributed by atoms with Gasteiger partial charge in [0.15, 0.2) is 0 Å². The minimum absolute atomic E-state index is 0.292. The number of carboxylic acids is 1. The van der Waals surface area contributed by atoms with Crippen LogP contribution in [0.3, 0.4) is 0 Å². The van der Waals surface area contributed by atoms with E-state index in [2.05, 4.69) is 14.8 Å². The number of aromatic nitrogens is 1. The van der Waals surface area contributed by atoms with E-state index >= 15 is 0 Å². The molecule has 22 heavy (non-hydrogen) atoms. The van der Waals surface area contributed by atoms with E-state index in [0.717, 1.165) is 43.5 Å². The summed E-state index contributed by atoms with van der Waals surface area (Å²) in [7, 11) is 0. The molecule has 0 aliphatic carbocycles. The lowest BCUT2D eigenvalue weighted by Crippen LogP contribution is -2.61. The molecule has 0 bridgehead atoms. The van der Waals surface area contributed by atoms with E-state index in [1.165, 1.54) is 0 Å². The summed E-state index contributed by atoms with van der Waals surface area (Å²) in [6.07, 6.45) is 0.570. The highest BCUT2D eigenvalue weighted by molar-refractivity contribution is 5.79. The molecule has 0 spiro atoms. The molecule has 1 aromatic heterocycles. The molecule has 2 fully saturated rings. The number of aryl methyl sites for hydroxylation is 2. The van der Waals surface area contributed by atoms with Gasteiger partial charge in [0.25, 0.3) is 0 Å². The van der Waals surface area contributed by atoms with E-state index in [0.29, 0.717) is 26.2 Å². The van der Waals surface area contributed by atoms with Crippen LogP contribution in [0.1, 0.15) is 23.8 Å². The Balaban J connectivity index is 1.59. The quantitative estimate of drug-likeness (QED) is 0.875. The molecule has 0 saturated carbocycles. The molecular formula is C15H23N3O4. The summed E-state index contributed by atoms with van der Waals surface area (Å²) in [6.45, 7) is 8.45. The number of piperazine rings is 1. The highest BCUT2D eigenvalue weighted by Crippen LogP contribution is 2.28. The van der Waals surface area contributed by atoms with Crippen LogP contribution in [0, 0.1) is 13.8 Å². The third-order valence-electron chi connectivity index (χ3n) is 4.81. The van der Waals surface area contributed by atoms with Crippen molar-refractivity contribution >= 4 is 5.97 Å². The lowest BCUT2D eigenvalue weighted by molar-refractivity contribution is -0.153. The second kappa shape index (κ2) is 5.98. The van der Waals surface area contributed by atoms with Gasteiger partial charge in [-0.05, 0) is 13.8 Å². The summed E-state index contributed by atoms with van der Waals surface area (Å²) in [5, 5.41) is 9.59. The van der Waals surface area contributed by atoms with Crippen molar-refractivity contribution in [3.8, 4) is 0 Å². The first-order valence-corrected chi connectivity index (χ1v) is 7.73. The highest BCUT2D eigenvalue weighted by Gasteiger charge is 2.48. The molecule has 0 radical (unpaired) electrons. The van der Waals surface area contributed by atoms with E-state index < -0.39 is 11.5 Å². The molecular weight excluding hydrogens is 286 g/mol. The van der Waals surface area contributed by atoms with Crippen molar-refractivity contribution in [3.63, 3.8) is 0 Å². The summed E-state index contributed by atoms with van der Waals surface area (Å²) < 4.78 is 11.0. The molecule has 2 aliphatic rings. The Hall–Kier alpha value is -1.44. The maximum Gasteiger partial charge on any atom is 0.326 e. The number of rotatable bonds is 4. The van der Waals surface area contributed by atoms with Crippen LogP contribution >= 0.6 is 0 Å². The minimum atomic E-state index is -0.831. The number of nitrogens with zero attached hydrogens (tertiary/aromatic N) is 3. The van der Waals surface area contributed by atoms with Gasteiger partial charge in [-0.15, -0.1) is 0 Å². The second-order valence-electron chi connectivity index (χ2n) is 6.15. The molecule has 1 atom stereocenters. The van der Waals surface area contributed by atoms with Crippen molar-refractivity contribution in [2.75, 3.05) is 39.4 Å². The maximum atomic E-state index is 11.7. The van der Waals surface area contributed by atoms with Gasteiger partial charge in [0.1, 0.15) is 11.3 Å². The Kier molecular flexibility index (Phi) is 4.20. The van der Waals surface area contributed by atoms with Gasteiger partial charge in [0.05, 0.1) is 18.8 Å². The van der Waals surface area contributed by atoms with E-state index in [1.54, 1.807) is 0 Å². The van der Waals surface area contributed by atoms with Crippen molar-refractivity contribution < 1.29 is 19.1 Å². The van der Waals surface area contributed by atoms with Crippen LogP contribution in [0.15, 0.2) is 4.42 Å². The first kappa shape index (κ1) is 15.5. The Labute approximate surface area is 129 Å². The summed E-state index contributed by atoms with van der Waals surface area (Å²) in [5.74, 6) is 0.833. The van der Waals surface area contributed by atoms with Crippen LogP contribution in [0.4, 0.5) is 0 Å². The van der Waals surface area contributed by atoms with Crippen LogP contribution in [-0.2, 0) is 16.1 Å². The van der Waals surface area contributed by atoms with E-state index in [-0.39, 0.29) is 0 Å². The number of hydrogen-bond acceptors (Lipinski definition) is 6. The Morgan fingerprint density at radius 1 is 1.32 bits per heavy atom. The van der Waals surface area contributed by atoms with Crippen LogP contribution in [0.5, 0.6) is 0 Å². The third kappa shape index (κ3) is 2.76. The van der Waals surface area contributed by atoms with E-state index in [4.69, 9.17) is 9.15 Å². The lowest BCUT2D eigenvalue weighted by Gasteiger charge is -2.42. The molecule has 2 saturated heterocycles. The monoisotopic (exact) mass is 309 g/mol. The molecule has 0 aromatic carbocycles. The zero-order valence-corrected chi connectivity index (χ0v) is 13.2. The van der Waals surface area contributed by atoms with Crippen molar-refractivity contribution in [2.24, 2.45) is 0 Å². The normalized spacial score (nSPS) is 27.4. The topological polar surface area (TPSA) is 79.0 Å². The predicted molar refractivity (Wildman–Crippen MR) is 78.6 cm³/mol. The van der Waals surface area contributed by atoms with Gasteiger partial charge in [-0.25, -0.2) is 4.98 Å². The first-order chi connectivity index (χ1) is 10.5. The maximum absolute atomic E-state index is 11.7. The number of ether oxygens (including phenoxy) is 1. The minimum Gasteiger partial charge on any atom is -0.480 e. The average molecular weight is 309 g/mol. The number of aliphatic carboxylic acids is 1. The van der Waals surface area contributed by atoms with Gasteiger partial charge < -0.3 is 14.3 Å². The molecule has 3 heterocycles. The fraction of sp³-hybridized carbons (Fsp3) is 0.733. The molecule has 1 unspecified atom stereocenters. The number of carboxylic acid groups (broad SMARTS) is 1. The Morgan fingerprint density at radius 3 is 2.55 bits per heavy atom. The van der Waals surface area contributed by atoms with E-state index in [1.807, 2.05) is 13.8 Å². The molecule has 0 amide bonds. The summed E-state index contributed by atoms with van der Waals surface area (Å²) in [4.78, 5) is 20.4. The Bertz CT molecular complexity index is 523. The zero-order valence-electron chi connectivity index (χ0n) is 13.2. The number of carbonyl (C=O) groups is 1. The fourth-order valence-electron chi connectivity index (χ4n) is 3.24. The van der Waals surface area contributed by atoms with Gasteiger partial charge >= 0.3 is 5.97 Å². The largest absolute Gasteiger partial charge is 0.480 e. The highest BCUT2D eigenvalue weighted by atomic mass is 16.5. The number of hydrogen-bond donors (Lipinski definition) is 1. The van der Waals surface area contributed by atoms with Crippen molar-refractivity contribution in [2.45, 2.75) is 32.4 Å². The summed E-state index contributed by atoms with van der Waals surface area (Å²) in [5.41, 5.74) is 0.101. The SMILES string of the molecule is Cc1nc(CN2CCN(C3(C(=O)O)CCOC3)CC2)oc1C. The van der Waals surface area contributed by atoms with Gasteiger partial charge in [-0.1, -0.05) is 0 Å². The third-order valence-corrected chi connectivity index (χ3v) is 4.81. The van der Waals surface area contributed by atoms with Crippen LogP contribution in [-0.4, -0.2) is 70.8 Å². The zero-order chi connectivity index (χ0) is 15.7. The van der Waals surface area contributed by atoms with Crippen LogP contribution in [0.25, 0.3) is 0 Å². The molecule has 1 N–H and O–H groups in total. The fourth-order valence-corrected chi connectivity index (χ4v) is 3.24. The summed E-state index contributed by atoms with van der Waals surface area (Å²) in [6, 6.07) is 0. The first-order valence-electron chi connectivity index (χ1n) is 7.73. The molecule has 7 heteroatoms. The average Bonchev–Trinajstić information content (AvgIpc) is 3.09. The van der Waals surface area contributed by atoms with Crippen LogP contribution < -0.4 is 0 Å². The summed E-state index contributed by atoms with van der Waals surface area (Å²) >= 11 is 0. The molecule has 3 rings (SSSR count). The van der Waals surface area contributed by atoms with E-state index in [9.17, 15) is 9.90 Å². The molecule has 7 nitrogen and oxygen atoms in total. The van der Waals surface area contributed by atoms with Crippen molar-refractivity contribution in [1.29, 1.82) is 0 Å². The predicted octanol–water partition coefficient (Wildman–Crippen LogP) is 0.653. The van der Waals surface area contributed by atoms with Gasteiger partial charge in [-0.2, -0.15) is 0 Å². The Morgan fingerprint density at radius 2 is 2.05 bits per heavy atom.